The molecule has 1 aliphatic carbocycles. The molecule has 0 bridgehead atoms. The van der Waals surface area contributed by atoms with E-state index in [1.807, 2.05) is 24.3 Å². The summed E-state index contributed by atoms with van der Waals surface area (Å²) in [7, 11) is 0. The monoisotopic (exact) mass is 381 g/mol. The molecule has 1 aromatic rings. The van der Waals surface area contributed by atoms with E-state index in [9.17, 15) is 4.79 Å². The maximum atomic E-state index is 12.3. The first-order valence-electron chi connectivity index (χ1n) is 6.21. The minimum absolute atomic E-state index is 0.0624. The van der Waals surface area contributed by atoms with Gasteiger partial charge in [0.15, 0.2) is 0 Å². The fourth-order valence-electron chi connectivity index (χ4n) is 2.73. The van der Waals surface area contributed by atoms with E-state index in [1.165, 1.54) is 0 Å². The van der Waals surface area contributed by atoms with Crippen molar-refractivity contribution in [1.29, 1.82) is 0 Å². The molecular formula is C15H13Br2NO. The molecule has 0 saturated carbocycles. The summed E-state index contributed by atoms with van der Waals surface area (Å²) in [4.78, 5) is 12.3. The number of alkyl halides is 1. The maximum Gasteiger partial charge on any atom is 0.242 e. The Labute approximate surface area is 129 Å². The molecule has 2 nitrogen and oxygen atoms in total. The van der Waals surface area contributed by atoms with Crippen LogP contribution < -0.4 is 5.32 Å². The van der Waals surface area contributed by atoms with Crippen LogP contribution in [0.1, 0.15) is 12.0 Å². The highest BCUT2D eigenvalue weighted by atomic mass is 79.9. The first-order valence-corrected chi connectivity index (χ1v) is 7.80. The van der Waals surface area contributed by atoms with Crippen LogP contribution in [-0.2, 0) is 11.2 Å². The molecule has 1 fully saturated rings. The van der Waals surface area contributed by atoms with Crippen LogP contribution in [0.25, 0.3) is 0 Å². The number of hydrogen-bond donors (Lipinski definition) is 1. The number of carbonyl (C=O) groups excluding carboxylic acids is 1. The van der Waals surface area contributed by atoms with Crippen molar-refractivity contribution in [3.05, 3.63) is 58.2 Å². The van der Waals surface area contributed by atoms with E-state index in [2.05, 4.69) is 55.4 Å². The zero-order chi connectivity index (χ0) is 13.5. The van der Waals surface area contributed by atoms with Crippen molar-refractivity contribution in [2.24, 2.45) is 5.92 Å². The molecule has 0 spiro atoms. The maximum absolute atomic E-state index is 12.3. The molecule has 2 aliphatic rings. The Morgan fingerprint density at radius 2 is 2.26 bits per heavy atom. The average Bonchev–Trinajstić information content (AvgIpc) is 2.62. The van der Waals surface area contributed by atoms with Crippen molar-refractivity contribution in [3.63, 3.8) is 0 Å². The lowest BCUT2D eigenvalue weighted by Gasteiger charge is -2.27. The third-order valence-corrected chi connectivity index (χ3v) is 5.38. The van der Waals surface area contributed by atoms with Crippen LogP contribution in [0.2, 0.25) is 0 Å². The molecule has 1 N–H and O–H groups in total. The molecule has 1 aromatic carbocycles. The Balaban J connectivity index is 1.92. The number of rotatable bonds is 2. The fourth-order valence-corrected chi connectivity index (χ4v) is 4.04. The van der Waals surface area contributed by atoms with Gasteiger partial charge in [-0.05, 0) is 36.6 Å². The standard InChI is InChI=1S/C15H13Br2NO/c16-11-5-3-4-10(8-11)9-15(17)12-6-1-2-7-13(12)18-14(15)19/h1-5,7-8,12H,6,9H2,(H,18,19). The van der Waals surface area contributed by atoms with Crippen LogP contribution in [0, 0.1) is 5.92 Å². The quantitative estimate of drug-likeness (QED) is 0.776. The molecular weight excluding hydrogens is 370 g/mol. The lowest BCUT2D eigenvalue weighted by Crippen LogP contribution is -2.38. The van der Waals surface area contributed by atoms with Crippen molar-refractivity contribution in [3.8, 4) is 0 Å². The number of fused-ring (bicyclic) bond motifs is 1. The van der Waals surface area contributed by atoms with Crippen LogP contribution in [0.5, 0.6) is 0 Å². The van der Waals surface area contributed by atoms with Gasteiger partial charge in [0.05, 0.1) is 0 Å². The second-order valence-electron chi connectivity index (χ2n) is 4.96. The minimum atomic E-state index is -0.537. The summed E-state index contributed by atoms with van der Waals surface area (Å²) in [6.45, 7) is 0. The van der Waals surface area contributed by atoms with Crippen molar-refractivity contribution < 1.29 is 4.79 Å². The van der Waals surface area contributed by atoms with Crippen LogP contribution in [0.4, 0.5) is 0 Å². The lowest BCUT2D eigenvalue weighted by atomic mass is 9.83. The molecule has 2 atom stereocenters. The van der Waals surface area contributed by atoms with E-state index in [0.717, 1.165) is 22.2 Å². The Morgan fingerprint density at radius 3 is 3.05 bits per heavy atom. The molecule has 1 heterocycles. The molecule has 0 aromatic heterocycles. The highest BCUT2D eigenvalue weighted by Gasteiger charge is 2.50. The minimum Gasteiger partial charge on any atom is -0.328 e. The number of allylic oxidation sites excluding steroid dienone is 4. The SMILES string of the molecule is O=C1NC2=CC=CCC2C1(Br)Cc1cccc(Br)c1. The number of halogens is 2. The van der Waals surface area contributed by atoms with Gasteiger partial charge in [-0.15, -0.1) is 0 Å². The van der Waals surface area contributed by atoms with Crippen molar-refractivity contribution >= 4 is 37.8 Å². The smallest absolute Gasteiger partial charge is 0.242 e. The Hall–Kier alpha value is -0.870. The molecule has 98 valence electrons. The summed E-state index contributed by atoms with van der Waals surface area (Å²) >= 11 is 7.19. The van der Waals surface area contributed by atoms with Gasteiger partial charge in [-0.2, -0.15) is 0 Å². The number of hydrogen-bond acceptors (Lipinski definition) is 1. The van der Waals surface area contributed by atoms with E-state index >= 15 is 0 Å². The topological polar surface area (TPSA) is 29.1 Å². The summed E-state index contributed by atoms with van der Waals surface area (Å²) in [5.74, 6) is 0.261. The van der Waals surface area contributed by atoms with Crippen molar-refractivity contribution in [1.82, 2.24) is 5.32 Å². The van der Waals surface area contributed by atoms with Gasteiger partial charge in [-0.25, -0.2) is 0 Å². The van der Waals surface area contributed by atoms with E-state index < -0.39 is 4.32 Å². The summed E-state index contributed by atoms with van der Waals surface area (Å²) in [5.41, 5.74) is 2.18. The summed E-state index contributed by atoms with van der Waals surface area (Å²) in [5, 5.41) is 2.99. The van der Waals surface area contributed by atoms with Gasteiger partial charge in [0.25, 0.3) is 0 Å². The second kappa shape index (κ2) is 4.91. The second-order valence-corrected chi connectivity index (χ2v) is 7.29. The molecule has 1 saturated heterocycles. The molecule has 1 aliphatic heterocycles. The highest BCUT2D eigenvalue weighted by Crippen LogP contribution is 2.44. The first kappa shape index (κ1) is 13.1. The van der Waals surface area contributed by atoms with Gasteiger partial charge in [-0.1, -0.05) is 56.1 Å². The predicted molar refractivity (Wildman–Crippen MR) is 83.0 cm³/mol. The Morgan fingerprint density at radius 1 is 1.42 bits per heavy atom. The van der Waals surface area contributed by atoms with E-state index in [4.69, 9.17) is 0 Å². The summed E-state index contributed by atoms with van der Waals surface area (Å²) in [6.07, 6.45) is 7.70. The molecule has 1 amide bonds. The summed E-state index contributed by atoms with van der Waals surface area (Å²) in [6, 6.07) is 8.12. The molecule has 4 heteroatoms. The summed E-state index contributed by atoms with van der Waals surface area (Å²) < 4.78 is 0.503. The van der Waals surface area contributed by atoms with Crippen LogP contribution >= 0.6 is 31.9 Å². The van der Waals surface area contributed by atoms with Gasteiger partial charge < -0.3 is 5.32 Å². The molecule has 2 unspecified atom stereocenters. The molecule has 0 radical (unpaired) electrons. The van der Waals surface area contributed by atoms with Crippen molar-refractivity contribution in [2.75, 3.05) is 0 Å². The Kier molecular flexibility index (Phi) is 3.39. The number of carbonyl (C=O) groups is 1. The fraction of sp³-hybridized carbons (Fsp3) is 0.267. The normalized spacial score (nSPS) is 28.8. The predicted octanol–water partition coefficient (Wildman–Crippen LogP) is 3.72. The number of benzene rings is 1. The molecule has 3 rings (SSSR count). The van der Waals surface area contributed by atoms with Crippen LogP contribution in [0.3, 0.4) is 0 Å². The zero-order valence-corrected chi connectivity index (χ0v) is 13.4. The van der Waals surface area contributed by atoms with Gasteiger partial charge in [0.2, 0.25) is 5.91 Å². The van der Waals surface area contributed by atoms with Gasteiger partial charge in [-0.3, -0.25) is 4.79 Å². The van der Waals surface area contributed by atoms with E-state index in [-0.39, 0.29) is 11.8 Å². The van der Waals surface area contributed by atoms with Crippen LogP contribution in [-0.4, -0.2) is 10.2 Å². The van der Waals surface area contributed by atoms with Crippen LogP contribution in [0.15, 0.2) is 52.7 Å². The molecule has 19 heavy (non-hydrogen) atoms. The lowest BCUT2D eigenvalue weighted by molar-refractivity contribution is -0.121. The first-order chi connectivity index (χ1) is 9.09. The van der Waals surface area contributed by atoms with Gasteiger partial charge >= 0.3 is 0 Å². The third kappa shape index (κ3) is 2.32. The van der Waals surface area contributed by atoms with Gasteiger partial charge in [0.1, 0.15) is 4.32 Å². The van der Waals surface area contributed by atoms with Crippen molar-refractivity contribution in [2.45, 2.75) is 17.2 Å². The number of nitrogens with one attached hydrogen (secondary N) is 1. The Bertz CT molecular complexity index is 594. The zero-order valence-electron chi connectivity index (χ0n) is 10.2. The largest absolute Gasteiger partial charge is 0.328 e. The number of amides is 1. The highest BCUT2D eigenvalue weighted by molar-refractivity contribution is 9.10. The average molecular weight is 383 g/mol. The third-order valence-electron chi connectivity index (χ3n) is 3.70. The van der Waals surface area contributed by atoms with Gasteiger partial charge in [0, 0.05) is 16.1 Å². The van der Waals surface area contributed by atoms with E-state index in [0.29, 0.717) is 6.42 Å². The van der Waals surface area contributed by atoms with E-state index in [1.54, 1.807) is 0 Å².